The monoisotopic (exact) mass is 400 g/mol. The normalized spacial score (nSPS) is 18.1. The second-order valence-electron chi connectivity index (χ2n) is 7.71. The molecule has 0 aromatic heterocycles. The van der Waals surface area contributed by atoms with Crippen LogP contribution in [0, 0.1) is 33.6 Å². The minimum absolute atomic E-state index is 0.116. The minimum Gasteiger partial charge on any atom is -0.326 e. The number of rotatable bonds is 4. The fourth-order valence-electron chi connectivity index (χ4n) is 3.62. The van der Waals surface area contributed by atoms with E-state index in [-0.39, 0.29) is 18.4 Å². The molecule has 1 heterocycles. The highest BCUT2D eigenvalue weighted by atomic mass is 32.2. The van der Waals surface area contributed by atoms with Crippen molar-refractivity contribution >= 4 is 21.6 Å². The summed E-state index contributed by atoms with van der Waals surface area (Å²) in [4.78, 5) is 13.2. The largest absolute Gasteiger partial charge is 0.326 e. The van der Waals surface area contributed by atoms with Crippen LogP contribution in [0.3, 0.4) is 0 Å². The van der Waals surface area contributed by atoms with Crippen LogP contribution in [0.25, 0.3) is 0 Å². The van der Waals surface area contributed by atoms with Gasteiger partial charge < -0.3 is 5.32 Å². The first-order valence-corrected chi connectivity index (χ1v) is 11.1. The van der Waals surface area contributed by atoms with Crippen LogP contribution < -0.4 is 5.32 Å². The number of amides is 1. The maximum absolute atomic E-state index is 13.2. The fraction of sp³-hybridized carbons (Fsp3) is 0.409. The van der Waals surface area contributed by atoms with Gasteiger partial charge in [-0.15, -0.1) is 0 Å². The number of nitrogens with one attached hydrogen (secondary N) is 1. The number of piperidine rings is 1. The van der Waals surface area contributed by atoms with Crippen LogP contribution >= 0.6 is 0 Å². The number of hydrogen-bond donors (Lipinski definition) is 1. The van der Waals surface area contributed by atoms with E-state index in [2.05, 4.69) is 5.32 Å². The Morgan fingerprint density at radius 1 is 1.07 bits per heavy atom. The molecule has 28 heavy (non-hydrogen) atoms. The first-order valence-electron chi connectivity index (χ1n) is 9.64. The van der Waals surface area contributed by atoms with Crippen LogP contribution in [0.5, 0.6) is 0 Å². The van der Waals surface area contributed by atoms with Gasteiger partial charge in [-0.2, -0.15) is 4.31 Å². The maximum atomic E-state index is 13.2. The molecule has 0 unspecified atom stereocenters. The maximum Gasteiger partial charge on any atom is 0.243 e. The van der Waals surface area contributed by atoms with Crippen LogP contribution in [-0.4, -0.2) is 31.7 Å². The average Bonchev–Trinajstić information content (AvgIpc) is 2.67. The molecule has 0 saturated carbocycles. The van der Waals surface area contributed by atoms with Crippen LogP contribution in [0.4, 0.5) is 5.69 Å². The molecule has 1 saturated heterocycles. The Hall–Kier alpha value is -2.18. The molecule has 150 valence electrons. The lowest BCUT2D eigenvalue weighted by molar-refractivity contribution is -0.120. The van der Waals surface area contributed by atoms with Crippen LogP contribution in [0.2, 0.25) is 0 Å². The summed E-state index contributed by atoms with van der Waals surface area (Å²) in [5, 5.41) is 2.99. The number of aryl methyl sites for hydroxylation is 3. The molecule has 6 heteroatoms. The Bertz CT molecular complexity index is 999. The molecule has 0 bridgehead atoms. The third-order valence-electron chi connectivity index (χ3n) is 5.58. The number of hydrogen-bond acceptors (Lipinski definition) is 3. The molecule has 1 atom stereocenters. The predicted octanol–water partition coefficient (Wildman–Crippen LogP) is 3.96. The van der Waals surface area contributed by atoms with Gasteiger partial charge in [-0.1, -0.05) is 24.3 Å². The minimum atomic E-state index is -3.62. The lowest BCUT2D eigenvalue weighted by Crippen LogP contribution is -2.43. The van der Waals surface area contributed by atoms with E-state index in [9.17, 15) is 13.2 Å². The molecule has 2 aromatic carbocycles. The number of anilines is 1. The molecule has 1 fully saturated rings. The Morgan fingerprint density at radius 3 is 2.57 bits per heavy atom. The topological polar surface area (TPSA) is 66.5 Å². The Morgan fingerprint density at radius 2 is 1.82 bits per heavy atom. The van der Waals surface area contributed by atoms with E-state index in [1.165, 1.54) is 4.31 Å². The number of carbonyl (C=O) groups is 1. The van der Waals surface area contributed by atoms with E-state index in [1.54, 1.807) is 13.0 Å². The molecule has 5 nitrogen and oxygen atoms in total. The van der Waals surface area contributed by atoms with Gasteiger partial charge in [0.05, 0.1) is 10.8 Å². The van der Waals surface area contributed by atoms with Crippen molar-refractivity contribution in [2.75, 3.05) is 18.4 Å². The van der Waals surface area contributed by atoms with Crippen molar-refractivity contribution in [1.29, 1.82) is 0 Å². The SMILES string of the molecule is Cc1ccc(C)c(S(=O)(=O)N2CCC[C@@H](C(=O)Nc3cccc(C)c3C)C2)c1. The molecule has 0 radical (unpaired) electrons. The van der Waals surface area contributed by atoms with Gasteiger partial charge in [-0.05, 0) is 74.9 Å². The standard InChI is InChI=1S/C22H28N2O3S/c1-15-10-11-17(3)21(13-15)28(26,27)24-12-6-8-19(14-24)22(25)23-20-9-5-7-16(2)18(20)4/h5,7,9-11,13,19H,6,8,12,14H2,1-4H3,(H,23,25)/t19-/m1/s1. The number of carbonyl (C=O) groups excluding carboxylic acids is 1. The number of benzene rings is 2. The van der Waals surface area contributed by atoms with Gasteiger partial charge in [0.1, 0.15) is 0 Å². The third kappa shape index (κ3) is 4.13. The van der Waals surface area contributed by atoms with Crippen molar-refractivity contribution in [3.63, 3.8) is 0 Å². The summed E-state index contributed by atoms with van der Waals surface area (Å²) in [5.74, 6) is -0.469. The first kappa shape index (κ1) is 20.6. The van der Waals surface area contributed by atoms with Gasteiger partial charge in [0.25, 0.3) is 0 Å². The fourth-order valence-corrected chi connectivity index (χ4v) is 5.45. The summed E-state index contributed by atoms with van der Waals surface area (Å²) in [6.45, 7) is 8.33. The van der Waals surface area contributed by atoms with E-state index >= 15 is 0 Å². The van der Waals surface area contributed by atoms with Gasteiger partial charge in [-0.25, -0.2) is 8.42 Å². The van der Waals surface area contributed by atoms with E-state index in [4.69, 9.17) is 0 Å². The quantitative estimate of drug-likeness (QED) is 0.845. The smallest absolute Gasteiger partial charge is 0.243 e. The van der Waals surface area contributed by atoms with E-state index < -0.39 is 10.0 Å². The molecule has 1 aliphatic heterocycles. The first-order chi connectivity index (χ1) is 13.2. The van der Waals surface area contributed by atoms with E-state index in [0.29, 0.717) is 24.3 Å². The summed E-state index contributed by atoms with van der Waals surface area (Å²) in [6.07, 6.45) is 1.37. The van der Waals surface area contributed by atoms with Crippen molar-refractivity contribution in [2.45, 2.75) is 45.4 Å². The molecule has 0 spiro atoms. The number of nitrogens with zero attached hydrogens (tertiary/aromatic N) is 1. The molecule has 1 amide bonds. The summed E-state index contributed by atoms with van der Waals surface area (Å²) >= 11 is 0. The molecular formula is C22H28N2O3S. The highest BCUT2D eigenvalue weighted by Gasteiger charge is 2.34. The summed E-state index contributed by atoms with van der Waals surface area (Å²) in [5.41, 5.74) is 4.57. The Balaban J connectivity index is 1.79. The highest BCUT2D eigenvalue weighted by molar-refractivity contribution is 7.89. The van der Waals surface area contributed by atoms with Crippen LogP contribution in [-0.2, 0) is 14.8 Å². The Labute approximate surface area is 167 Å². The zero-order valence-corrected chi connectivity index (χ0v) is 17.8. The second kappa shape index (κ2) is 8.05. The van der Waals surface area contributed by atoms with Crippen molar-refractivity contribution in [3.8, 4) is 0 Å². The second-order valence-corrected chi connectivity index (χ2v) is 9.61. The molecule has 3 rings (SSSR count). The molecule has 1 N–H and O–H groups in total. The van der Waals surface area contributed by atoms with Crippen LogP contribution in [0.15, 0.2) is 41.3 Å². The van der Waals surface area contributed by atoms with Gasteiger partial charge in [-0.3, -0.25) is 4.79 Å². The van der Waals surface area contributed by atoms with Gasteiger partial charge >= 0.3 is 0 Å². The lowest BCUT2D eigenvalue weighted by Gasteiger charge is -2.31. The summed E-state index contributed by atoms with van der Waals surface area (Å²) < 4.78 is 27.8. The predicted molar refractivity (Wildman–Crippen MR) is 112 cm³/mol. The number of sulfonamides is 1. The van der Waals surface area contributed by atoms with Crippen molar-refractivity contribution < 1.29 is 13.2 Å². The average molecular weight is 401 g/mol. The van der Waals surface area contributed by atoms with Crippen molar-refractivity contribution in [1.82, 2.24) is 4.31 Å². The van der Waals surface area contributed by atoms with Crippen molar-refractivity contribution in [2.24, 2.45) is 5.92 Å². The summed E-state index contributed by atoms with van der Waals surface area (Å²) in [7, 11) is -3.62. The zero-order chi connectivity index (χ0) is 20.5. The molecule has 2 aromatic rings. The zero-order valence-electron chi connectivity index (χ0n) is 17.0. The molecule has 0 aliphatic carbocycles. The van der Waals surface area contributed by atoms with Gasteiger partial charge in [0, 0.05) is 18.8 Å². The molecule has 1 aliphatic rings. The third-order valence-corrected chi connectivity index (χ3v) is 7.59. The van der Waals surface area contributed by atoms with Gasteiger partial charge in [0.15, 0.2) is 0 Å². The van der Waals surface area contributed by atoms with E-state index in [0.717, 1.165) is 27.9 Å². The molecular weight excluding hydrogens is 372 g/mol. The van der Waals surface area contributed by atoms with Gasteiger partial charge in [0.2, 0.25) is 15.9 Å². The van der Waals surface area contributed by atoms with Crippen molar-refractivity contribution in [3.05, 3.63) is 58.7 Å². The summed E-state index contributed by atoms with van der Waals surface area (Å²) in [6, 6.07) is 11.3. The van der Waals surface area contributed by atoms with E-state index in [1.807, 2.05) is 51.1 Å². The Kier molecular flexibility index (Phi) is 5.91. The lowest BCUT2D eigenvalue weighted by atomic mass is 9.98. The van der Waals surface area contributed by atoms with Crippen LogP contribution in [0.1, 0.15) is 35.1 Å². The highest BCUT2D eigenvalue weighted by Crippen LogP contribution is 2.27.